The van der Waals surface area contributed by atoms with E-state index in [1.807, 2.05) is 38.1 Å². The second-order valence-corrected chi connectivity index (χ2v) is 6.89. The van der Waals surface area contributed by atoms with E-state index in [-0.39, 0.29) is 24.0 Å². The van der Waals surface area contributed by atoms with Gasteiger partial charge < -0.3 is 14.2 Å². The average Bonchev–Trinajstić information content (AvgIpc) is 3.06. The summed E-state index contributed by atoms with van der Waals surface area (Å²) in [6, 6.07) is 17.2. The van der Waals surface area contributed by atoms with E-state index in [0.29, 0.717) is 29.4 Å². The molecular weight excluding hydrogens is 383 g/mol. The molecule has 3 aromatic carbocycles. The van der Waals surface area contributed by atoms with E-state index in [0.717, 1.165) is 16.7 Å². The minimum atomic E-state index is -0.308. The maximum Gasteiger partial charge on any atom is 0.231 e. The van der Waals surface area contributed by atoms with Crippen LogP contribution in [0.4, 0.5) is 4.39 Å². The molecule has 0 saturated carbocycles. The Kier molecular flexibility index (Phi) is 5.53. The Hall–Kier alpha value is -3.60. The van der Waals surface area contributed by atoms with Gasteiger partial charge in [0.2, 0.25) is 5.78 Å². The van der Waals surface area contributed by atoms with Gasteiger partial charge in [0.05, 0.1) is 12.2 Å². The third kappa shape index (κ3) is 3.92. The normalized spacial score (nSPS) is 13.8. The summed E-state index contributed by atoms with van der Waals surface area (Å²) in [5.41, 5.74) is 2.71. The highest BCUT2D eigenvalue weighted by Gasteiger charge is 2.30. The van der Waals surface area contributed by atoms with Gasteiger partial charge in [-0.2, -0.15) is 0 Å². The molecule has 0 amide bonds. The van der Waals surface area contributed by atoms with Crippen molar-refractivity contribution in [3.8, 4) is 17.2 Å². The summed E-state index contributed by atoms with van der Waals surface area (Å²) in [6.45, 7) is 4.49. The SMILES string of the molecule is CCOc1ccccc1/C=C1\Oc2c(ccc(OCc3cccc(F)c3)c2C)C1=O. The zero-order chi connectivity index (χ0) is 21.1. The van der Waals surface area contributed by atoms with Gasteiger partial charge in [0.25, 0.3) is 0 Å². The van der Waals surface area contributed by atoms with Crippen LogP contribution in [-0.4, -0.2) is 12.4 Å². The number of allylic oxidation sites excluding steroid dienone is 1. The number of carbonyl (C=O) groups is 1. The van der Waals surface area contributed by atoms with E-state index in [1.54, 1.807) is 30.3 Å². The molecule has 0 aliphatic carbocycles. The lowest BCUT2D eigenvalue weighted by atomic mass is 10.1. The number of benzene rings is 3. The quantitative estimate of drug-likeness (QED) is 0.492. The van der Waals surface area contributed by atoms with Gasteiger partial charge in [0.1, 0.15) is 29.7 Å². The molecule has 0 atom stereocenters. The Morgan fingerprint density at radius 1 is 1.00 bits per heavy atom. The van der Waals surface area contributed by atoms with E-state index >= 15 is 0 Å². The maximum absolute atomic E-state index is 13.4. The Labute approximate surface area is 174 Å². The second kappa shape index (κ2) is 8.41. The smallest absolute Gasteiger partial charge is 0.231 e. The van der Waals surface area contributed by atoms with Gasteiger partial charge in [-0.3, -0.25) is 4.79 Å². The van der Waals surface area contributed by atoms with Crippen molar-refractivity contribution in [3.63, 3.8) is 0 Å². The van der Waals surface area contributed by atoms with Crippen LogP contribution in [0.25, 0.3) is 6.08 Å². The van der Waals surface area contributed by atoms with Crippen molar-refractivity contribution < 1.29 is 23.4 Å². The summed E-state index contributed by atoms with van der Waals surface area (Å²) in [4.78, 5) is 12.8. The maximum atomic E-state index is 13.4. The highest BCUT2D eigenvalue weighted by molar-refractivity contribution is 6.15. The van der Waals surface area contributed by atoms with Crippen LogP contribution in [0.3, 0.4) is 0 Å². The Bertz CT molecular complexity index is 1130. The van der Waals surface area contributed by atoms with Crippen molar-refractivity contribution in [3.05, 3.63) is 94.5 Å². The lowest BCUT2D eigenvalue weighted by molar-refractivity contribution is 0.101. The standard InChI is InChI=1S/C25H21FO4/c1-3-28-22-10-5-4-8-18(22)14-23-24(27)20-11-12-21(16(2)25(20)30-23)29-15-17-7-6-9-19(26)13-17/h4-14H,3,15H2,1-2H3/b23-14-. The number of fused-ring (bicyclic) bond motifs is 1. The van der Waals surface area contributed by atoms with Gasteiger partial charge in [-0.25, -0.2) is 4.39 Å². The van der Waals surface area contributed by atoms with Gasteiger partial charge >= 0.3 is 0 Å². The molecule has 152 valence electrons. The van der Waals surface area contributed by atoms with Crippen LogP contribution in [-0.2, 0) is 6.61 Å². The van der Waals surface area contributed by atoms with Gasteiger partial charge in [0, 0.05) is 11.1 Å². The number of ether oxygens (including phenoxy) is 3. The van der Waals surface area contributed by atoms with Crippen LogP contribution in [0.15, 0.2) is 66.4 Å². The Morgan fingerprint density at radius 2 is 1.83 bits per heavy atom. The minimum Gasteiger partial charge on any atom is -0.493 e. The average molecular weight is 404 g/mol. The second-order valence-electron chi connectivity index (χ2n) is 6.89. The van der Waals surface area contributed by atoms with Gasteiger partial charge in [-0.1, -0.05) is 30.3 Å². The number of hydrogen-bond acceptors (Lipinski definition) is 4. The molecule has 0 saturated heterocycles. The topological polar surface area (TPSA) is 44.8 Å². The first-order valence-electron chi connectivity index (χ1n) is 9.73. The van der Waals surface area contributed by atoms with E-state index in [1.165, 1.54) is 12.1 Å². The van der Waals surface area contributed by atoms with E-state index < -0.39 is 0 Å². The Balaban J connectivity index is 1.58. The number of para-hydroxylation sites is 1. The molecule has 5 heteroatoms. The molecule has 1 heterocycles. The summed E-state index contributed by atoms with van der Waals surface area (Å²) in [5.74, 6) is 1.51. The molecule has 3 aromatic rings. The molecule has 0 aromatic heterocycles. The molecule has 0 unspecified atom stereocenters. The first-order valence-corrected chi connectivity index (χ1v) is 9.73. The fourth-order valence-corrected chi connectivity index (χ4v) is 3.34. The predicted octanol–water partition coefficient (Wildman–Crippen LogP) is 5.73. The monoisotopic (exact) mass is 404 g/mol. The van der Waals surface area contributed by atoms with Crippen LogP contribution in [0, 0.1) is 12.7 Å². The van der Waals surface area contributed by atoms with Crippen molar-refractivity contribution in [1.29, 1.82) is 0 Å². The molecule has 0 spiro atoms. The number of ketones is 1. The molecule has 0 radical (unpaired) electrons. The van der Waals surface area contributed by atoms with Crippen molar-refractivity contribution in [1.82, 2.24) is 0 Å². The molecule has 30 heavy (non-hydrogen) atoms. The number of hydrogen-bond donors (Lipinski definition) is 0. The van der Waals surface area contributed by atoms with Gasteiger partial charge in [-0.05, 0) is 55.8 Å². The lowest BCUT2D eigenvalue weighted by Crippen LogP contribution is -1.99. The number of rotatable bonds is 6. The zero-order valence-electron chi connectivity index (χ0n) is 16.8. The van der Waals surface area contributed by atoms with Crippen molar-refractivity contribution in [2.75, 3.05) is 6.61 Å². The van der Waals surface area contributed by atoms with Gasteiger partial charge in [0.15, 0.2) is 5.76 Å². The molecule has 0 bridgehead atoms. The lowest BCUT2D eigenvalue weighted by Gasteiger charge is -2.11. The predicted molar refractivity (Wildman–Crippen MR) is 112 cm³/mol. The van der Waals surface area contributed by atoms with Crippen molar-refractivity contribution in [2.24, 2.45) is 0 Å². The molecule has 1 aliphatic rings. The number of Topliss-reactive ketones (excluding diaryl/α,β-unsaturated/α-hetero) is 1. The fraction of sp³-hybridized carbons (Fsp3) is 0.160. The first-order chi connectivity index (χ1) is 14.6. The largest absolute Gasteiger partial charge is 0.493 e. The van der Waals surface area contributed by atoms with Crippen LogP contribution >= 0.6 is 0 Å². The van der Waals surface area contributed by atoms with E-state index in [4.69, 9.17) is 14.2 Å². The van der Waals surface area contributed by atoms with Crippen molar-refractivity contribution in [2.45, 2.75) is 20.5 Å². The van der Waals surface area contributed by atoms with E-state index in [9.17, 15) is 9.18 Å². The summed E-state index contributed by atoms with van der Waals surface area (Å²) >= 11 is 0. The van der Waals surface area contributed by atoms with E-state index in [2.05, 4.69) is 0 Å². The van der Waals surface area contributed by atoms with Crippen LogP contribution < -0.4 is 14.2 Å². The highest BCUT2D eigenvalue weighted by atomic mass is 19.1. The fourth-order valence-electron chi connectivity index (χ4n) is 3.34. The third-order valence-electron chi connectivity index (χ3n) is 4.83. The van der Waals surface area contributed by atoms with Gasteiger partial charge in [-0.15, -0.1) is 0 Å². The summed E-state index contributed by atoms with van der Waals surface area (Å²) in [6.07, 6.45) is 1.69. The molecule has 0 fully saturated rings. The first kappa shape index (κ1) is 19.7. The summed E-state index contributed by atoms with van der Waals surface area (Å²) < 4.78 is 30.8. The minimum absolute atomic E-state index is 0.184. The number of carbonyl (C=O) groups excluding carboxylic acids is 1. The highest BCUT2D eigenvalue weighted by Crippen LogP contribution is 2.40. The molecular formula is C25H21FO4. The third-order valence-corrected chi connectivity index (χ3v) is 4.83. The molecule has 1 aliphatic heterocycles. The summed E-state index contributed by atoms with van der Waals surface area (Å²) in [7, 11) is 0. The Morgan fingerprint density at radius 3 is 2.63 bits per heavy atom. The number of halogens is 1. The van der Waals surface area contributed by atoms with Crippen LogP contribution in [0.5, 0.6) is 17.2 Å². The zero-order valence-corrected chi connectivity index (χ0v) is 16.8. The molecule has 4 nitrogen and oxygen atoms in total. The van der Waals surface area contributed by atoms with Crippen molar-refractivity contribution >= 4 is 11.9 Å². The summed E-state index contributed by atoms with van der Waals surface area (Å²) in [5, 5.41) is 0. The van der Waals surface area contributed by atoms with Crippen LogP contribution in [0.1, 0.15) is 34.0 Å². The molecule has 0 N–H and O–H groups in total. The van der Waals surface area contributed by atoms with Crippen LogP contribution in [0.2, 0.25) is 0 Å². The molecule has 4 rings (SSSR count).